The minimum atomic E-state index is -0.419. The van der Waals surface area contributed by atoms with Gasteiger partial charge in [0.1, 0.15) is 5.51 Å². The van der Waals surface area contributed by atoms with Crippen LogP contribution in [-0.4, -0.2) is 28.6 Å². The molecule has 1 aliphatic heterocycles. The smallest absolute Gasteiger partial charge is 0.231 e. The van der Waals surface area contributed by atoms with Gasteiger partial charge in [-0.1, -0.05) is 35.1 Å². The van der Waals surface area contributed by atoms with Crippen molar-refractivity contribution in [2.75, 3.05) is 16.8 Å². The van der Waals surface area contributed by atoms with Crippen molar-refractivity contribution in [2.45, 2.75) is 6.42 Å². The van der Waals surface area contributed by atoms with Gasteiger partial charge in [-0.05, 0) is 12.1 Å². The van der Waals surface area contributed by atoms with Crippen LogP contribution in [0.15, 0.2) is 29.8 Å². The summed E-state index contributed by atoms with van der Waals surface area (Å²) in [5, 5.41) is 11.0. The Morgan fingerprint density at radius 3 is 2.95 bits per heavy atom. The summed E-state index contributed by atoms with van der Waals surface area (Å²) in [7, 11) is 0. The maximum absolute atomic E-state index is 12.1. The molecular weight excluding hydrogens is 312 g/mol. The monoisotopic (exact) mass is 322 g/mol. The average molecular weight is 323 g/mol. The van der Waals surface area contributed by atoms with E-state index in [1.165, 1.54) is 16.8 Å². The molecule has 0 spiro atoms. The maximum Gasteiger partial charge on any atom is 0.231 e. The second kappa shape index (κ2) is 5.79. The number of anilines is 2. The molecule has 1 saturated heterocycles. The topological polar surface area (TPSA) is 75.2 Å². The third-order valence-electron chi connectivity index (χ3n) is 3.23. The SMILES string of the molecule is O=C(Nc1nncs1)[C@@H]1CC(=O)N(c2ccccc2Cl)C1. The molecule has 6 nitrogen and oxygen atoms in total. The Morgan fingerprint density at radius 2 is 2.24 bits per heavy atom. The lowest BCUT2D eigenvalue weighted by Crippen LogP contribution is -2.28. The van der Waals surface area contributed by atoms with Gasteiger partial charge in [0.2, 0.25) is 16.9 Å². The first-order chi connectivity index (χ1) is 10.1. The number of nitrogens with zero attached hydrogens (tertiary/aromatic N) is 3. The number of carbonyl (C=O) groups excluding carboxylic acids is 2. The van der Waals surface area contributed by atoms with E-state index in [1.54, 1.807) is 23.1 Å². The van der Waals surface area contributed by atoms with Crippen LogP contribution in [-0.2, 0) is 9.59 Å². The zero-order valence-corrected chi connectivity index (χ0v) is 12.4. The highest BCUT2D eigenvalue weighted by molar-refractivity contribution is 7.13. The van der Waals surface area contributed by atoms with Crippen molar-refractivity contribution in [3.63, 3.8) is 0 Å². The van der Waals surface area contributed by atoms with Gasteiger partial charge in [-0.25, -0.2) is 0 Å². The van der Waals surface area contributed by atoms with Crippen molar-refractivity contribution in [2.24, 2.45) is 5.92 Å². The first kappa shape index (κ1) is 14.0. The van der Waals surface area contributed by atoms with Crippen molar-refractivity contribution in [3.05, 3.63) is 34.8 Å². The summed E-state index contributed by atoms with van der Waals surface area (Å²) < 4.78 is 0. The average Bonchev–Trinajstić information content (AvgIpc) is 3.09. The molecule has 1 N–H and O–H groups in total. The number of halogens is 1. The van der Waals surface area contributed by atoms with Gasteiger partial charge >= 0.3 is 0 Å². The van der Waals surface area contributed by atoms with Gasteiger partial charge in [0.15, 0.2) is 0 Å². The molecule has 1 atom stereocenters. The maximum atomic E-state index is 12.1. The molecule has 2 heterocycles. The molecule has 8 heteroatoms. The Hall–Kier alpha value is -1.99. The van der Waals surface area contributed by atoms with E-state index >= 15 is 0 Å². The first-order valence-electron chi connectivity index (χ1n) is 6.27. The first-order valence-corrected chi connectivity index (χ1v) is 7.53. The van der Waals surface area contributed by atoms with E-state index in [1.807, 2.05) is 6.07 Å². The van der Waals surface area contributed by atoms with Crippen LogP contribution in [0.4, 0.5) is 10.8 Å². The molecule has 21 heavy (non-hydrogen) atoms. The van der Waals surface area contributed by atoms with Gasteiger partial charge in [0, 0.05) is 13.0 Å². The van der Waals surface area contributed by atoms with Crippen LogP contribution in [0, 0.1) is 5.92 Å². The molecule has 1 aromatic heterocycles. The third-order valence-corrected chi connectivity index (χ3v) is 4.16. The van der Waals surface area contributed by atoms with Crippen LogP contribution in [0.2, 0.25) is 5.02 Å². The summed E-state index contributed by atoms with van der Waals surface area (Å²) in [5.74, 6) is -0.757. The minimum absolute atomic E-state index is 0.111. The molecule has 3 rings (SSSR count). The predicted octanol–water partition coefficient (Wildman–Crippen LogP) is 2.18. The predicted molar refractivity (Wildman–Crippen MR) is 80.5 cm³/mol. The van der Waals surface area contributed by atoms with Crippen molar-refractivity contribution in [3.8, 4) is 0 Å². The normalized spacial score (nSPS) is 18.0. The van der Waals surface area contributed by atoms with E-state index in [0.29, 0.717) is 22.4 Å². The lowest BCUT2D eigenvalue weighted by atomic mass is 10.1. The summed E-state index contributed by atoms with van der Waals surface area (Å²) in [6, 6.07) is 7.10. The van der Waals surface area contributed by atoms with E-state index in [0.717, 1.165) is 0 Å². The van der Waals surface area contributed by atoms with Crippen LogP contribution >= 0.6 is 22.9 Å². The zero-order chi connectivity index (χ0) is 14.8. The summed E-state index contributed by atoms with van der Waals surface area (Å²) in [4.78, 5) is 25.8. The van der Waals surface area contributed by atoms with Crippen molar-refractivity contribution < 1.29 is 9.59 Å². The molecule has 0 aliphatic carbocycles. The van der Waals surface area contributed by atoms with Crippen molar-refractivity contribution >= 4 is 45.6 Å². The molecule has 1 aliphatic rings. The van der Waals surface area contributed by atoms with Crippen LogP contribution in [0.25, 0.3) is 0 Å². The lowest BCUT2D eigenvalue weighted by Gasteiger charge is -2.17. The molecule has 1 fully saturated rings. The number of para-hydroxylation sites is 1. The van der Waals surface area contributed by atoms with E-state index in [9.17, 15) is 9.59 Å². The summed E-state index contributed by atoms with van der Waals surface area (Å²) >= 11 is 7.34. The highest BCUT2D eigenvalue weighted by Crippen LogP contribution is 2.31. The number of nitrogens with one attached hydrogen (secondary N) is 1. The van der Waals surface area contributed by atoms with Crippen LogP contribution in [0.3, 0.4) is 0 Å². The molecule has 1 aromatic carbocycles. The molecule has 2 aromatic rings. The van der Waals surface area contributed by atoms with Crippen LogP contribution in [0.1, 0.15) is 6.42 Å². The molecule has 0 unspecified atom stereocenters. The highest BCUT2D eigenvalue weighted by Gasteiger charge is 2.36. The Bertz CT molecular complexity index is 677. The number of carbonyl (C=O) groups is 2. The number of hydrogen-bond acceptors (Lipinski definition) is 5. The quantitative estimate of drug-likeness (QED) is 0.939. The summed E-state index contributed by atoms with van der Waals surface area (Å²) in [5.41, 5.74) is 2.17. The molecule has 0 saturated carbocycles. The molecule has 0 radical (unpaired) electrons. The fraction of sp³-hybridized carbons (Fsp3) is 0.231. The second-order valence-corrected chi connectivity index (χ2v) is 5.83. The zero-order valence-electron chi connectivity index (χ0n) is 10.8. The third kappa shape index (κ3) is 2.88. The van der Waals surface area contributed by atoms with Crippen molar-refractivity contribution in [1.29, 1.82) is 0 Å². The second-order valence-electron chi connectivity index (χ2n) is 4.59. The van der Waals surface area contributed by atoms with Gasteiger partial charge < -0.3 is 10.2 Å². The van der Waals surface area contributed by atoms with Gasteiger partial charge in [0.05, 0.1) is 16.6 Å². The van der Waals surface area contributed by atoms with Gasteiger partial charge in [-0.15, -0.1) is 10.2 Å². The van der Waals surface area contributed by atoms with Gasteiger partial charge in [-0.3, -0.25) is 9.59 Å². The van der Waals surface area contributed by atoms with E-state index in [2.05, 4.69) is 15.5 Å². The lowest BCUT2D eigenvalue weighted by molar-refractivity contribution is -0.122. The van der Waals surface area contributed by atoms with Gasteiger partial charge in [0.25, 0.3) is 0 Å². The number of aromatic nitrogens is 2. The van der Waals surface area contributed by atoms with E-state index in [-0.39, 0.29) is 18.2 Å². The van der Waals surface area contributed by atoms with Crippen LogP contribution in [0.5, 0.6) is 0 Å². The molecule has 2 amide bonds. The minimum Gasteiger partial charge on any atom is -0.310 e. The van der Waals surface area contributed by atoms with Crippen molar-refractivity contribution in [1.82, 2.24) is 10.2 Å². The highest BCUT2D eigenvalue weighted by atomic mass is 35.5. The Kier molecular flexibility index (Phi) is 3.85. The Labute approximate surface area is 129 Å². The molecule has 108 valence electrons. The Morgan fingerprint density at radius 1 is 1.43 bits per heavy atom. The largest absolute Gasteiger partial charge is 0.310 e. The van der Waals surface area contributed by atoms with Gasteiger partial charge in [-0.2, -0.15) is 0 Å². The number of benzene rings is 1. The number of hydrogen-bond donors (Lipinski definition) is 1. The standard InChI is InChI=1S/C13H11ClN4O2S/c14-9-3-1-2-4-10(9)18-6-8(5-11(18)19)12(20)16-13-17-15-7-21-13/h1-4,7-8H,5-6H2,(H,16,17,20)/t8-/m1/s1. The van der Waals surface area contributed by atoms with E-state index in [4.69, 9.17) is 11.6 Å². The Balaban J connectivity index is 1.73. The summed E-state index contributed by atoms with van der Waals surface area (Å²) in [6.45, 7) is 0.313. The molecular formula is C13H11ClN4O2S. The fourth-order valence-electron chi connectivity index (χ4n) is 2.22. The summed E-state index contributed by atoms with van der Waals surface area (Å²) in [6.07, 6.45) is 0.163. The van der Waals surface area contributed by atoms with E-state index < -0.39 is 5.92 Å². The number of rotatable bonds is 3. The van der Waals surface area contributed by atoms with Crippen LogP contribution < -0.4 is 10.2 Å². The fourth-order valence-corrected chi connectivity index (χ4v) is 2.91. The molecule has 0 bridgehead atoms. The number of amides is 2.